The predicted molar refractivity (Wildman–Crippen MR) is 160 cm³/mol. The molecule has 6 aliphatic rings. The number of hydrogen-bond donors (Lipinski definition) is 0. The summed E-state index contributed by atoms with van der Waals surface area (Å²) in [6.45, 7) is 13.4. The van der Waals surface area contributed by atoms with Crippen molar-refractivity contribution in [2.24, 2.45) is 46.3 Å². The van der Waals surface area contributed by atoms with Gasteiger partial charge in [-0.15, -0.1) is 0 Å². The molecule has 3 saturated carbocycles. The molecule has 0 bridgehead atoms. The van der Waals surface area contributed by atoms with Crippen LogP contribution in [0.2, 0.25) is 0 Å². The van der Waals surface area contributed by atoms with E-state index in [1.165, 1.54) is 69.1 Å². The summed E-state index contributed by atoms with van der Waals surface area (Å²) in [5.74, 6) is 5.21. The zero-order chi connectivity index (χ0) is 27.4. The third kappa shape index (κ3) is 4.86. The van der Waals surface area contributed by atoms with E-state index in [4.69, 9.17) is 4.74 Å². The Morgan fingerprint density at radius 3 is 2.72 bits per heavy atom. The number of amides is 1. The number of fused-ring (bicyclic) bond motifs is 5. The molecule has 5 aliphatic carbocycles. The van der Waals surface area contributed by atoms with Crippen molar-refractivity contribution in [3.63, 3.8) is 0 Å². The molecule has 0 spiro atoms. The van der Waals surface area contributed by atoms with Gasteiger partial charge in [-0.2, -0.15) is 0 Å². The van der Waals surface area contributed by atoms with Crippen molar-refractivity contribution in [2.75, 3.05) is 6.54 Å². The van der Waals surface area contributed by atoms with E-state index in [1.54, 1.807) is 5.57 Å². The first-order chi connectivity index (χ1) is 18.7. The third-order valence-electron chi connectivity index (χ3n) is 12.9. The Morgan fingerprint density at radius 2 is 1.90 bits per heavy atom. The van der Waals surface area contributed by atoms with Gasteiger partial charge in [0.25, 0.3) is 0 Å². The number of hydrogen-bond acceptors (Lipinski definition) is 2. The molecule has 0 aromatic heterocycles. The van der Waals surface area contributed by atoms with Gasteiger partial charge in [-0.05, 0) is 116 Å². The lowest BCUT2D eigenvalue weighted by Gasteiger charge is -2.58. The van der Waals surface area contributed by atoms with E-state index in [0.29, 0.717) is 10.8 Å². The van der Waals surface area contributed by atoms with Gasteiger partial charge in [0.15, 0.2) is 0 Å². The molecule has 39 heavy (non-hydrogen) atoms. The number of carbonyl (C=O) groups excluding carboxylic acids is 1. The van der Waals surface area contributed by atoms with Crippen LogP contribution in [0, 0.1) is 46.3 Å². The molecule has 1 amide bonds. The van der Waals surface area contributed by atoms with Crippen LogP contribution in [0.25, 0.3) is 0 Å². The SMILES string of the molecule is CC(C)CCC[C@@H](C)C1CCC2[C@@H]3CC=C4C[C@@H](OC(=O)N5CCC6=C5CCC=C6)CC[C@]4(C)[C@H]3CC[C@]12C. The van der Waals surface area contributed by atoms with E-state index in [-0.39, 0.29) is 12.2 Å². The Morgan fingerprint density at radius 1 is 1.05 bits per heavy atom. The van der Waals surface area contributed by atoms with E-state index in [1.807, 2.05) is 4.90 Å². The van der Waals surface area contributed by atoms with Gasteiger partial charge in [-0.25, -0.2) is 4.79 Å². The second-order valence-electron chi connectivity index (χ2n) is 15.4. The van der Waals surface area contributed by atoms with Crippen LogP contribution in [-0.2, 0) is 4.74 Å². The molecule has 8 atom stereocenters. The topological polar surface area (TPSA) is 29.5 Å². The molecule has 0 saturated heterocycles. The molecule has 3 fully saturated rings. The molecule has 0 aromatic rings. The van der Waals surface area contributed by atoms with Gasteiger partial charge in [0.2, 0.25) is 0 Å². The van der Waals surface area contributed by atoms with Gasteiger partial charge in [-0.3, -0.25) is 4.90 Å². The number of carbonyl (C=O) groups is 1. The molecule has 3 nitrogen and oxygen atoms in total. The van der Waals surface area contributed by atoms with Crippen molar-refractivity contribution in [1.29, 1.82) is 0 Å². The zero-order valence-electron chi connectivity index (χ0n) is 25.6. The maximum Gasteiger partial charge on any atom is 0.414 e. The van der Waals surface area contributed by atoms with Crippen LogP contribution in [0.4, 0.5) is 4.79 Å². The minimum absolute atomic E-state index is 0.0496. The van der Waals surface area contributed by atoms with E-state index >= 15 is 0 Å². The number of allylic oxidation sites excluding steroid dienone is 4. The Hall–Kier alpha value is -1.51. The summed E-state index contributed by atoms with van der Waals surface area (Å²) < 4.78 is 6.21. The number of rotatable bonds is 6. The molecule has 3 heteroatoms. The normalized spacial score (nSPS) is 40.1. The standard InChI is InChI=1S/C36H55NO2/c1-24(2)9-8-10-25(3)30-15-16-31-29-14-13-27-23-28(17-20-35(27,4)32(29)18-21-36(30,31)5)39-34(38)37-22-19-26-11-6-7-12-33(26)37/h6,11,13,24-25,28-32H,7-10,12,14-23H2,1-5H3/t25-,28+,29+,30?,31?,32+,35+,36-/m1/s1. The minimum atomic E-state index is -0.0915. The van der Waals surface area contributed by atoms with Gasteiger partial charge in [0, 0.05) is 18.7 Å². The summed E-state index contributed by atoms with van der Waals surface area (Å²) in [5.41, 5.74) is 5.04. The molecule has 2 unspecified atom stereocenters. The first-order valence-electron chi connectivity index (χ1n) is 16.8. The summed E-state index contributed by atoms with van der Waals surface area (Å²) >= 11 is 0. The minimum Gasteiger partial charge on any atom is -0.446 e. The Balaban J connectivity index is 1.10. The van der Waals surface area contributed by atoms with E-state index in [9.17, 15) is 4.79 Å². The van der Waals surface area contributed by atoms with Gasteiger partial charge in [-0.1, -0.05) is 77.7 Å². The van der Waals surface area contributed by atoms with Crippen molar-refractivity contribution in [1.82, 2.24) is 4.90 Å². The zero-order valence-corrected chi connectivity index (χ0v) is 25.6. The second-order valence-corrected chi connectivity index (χ2v) is 15.4. The van der Waals surface area contributed by atoms with Crippen LogP contribution in [0.3, 0.4) is 0 Å². The van der Waals surface area contributed by atoms with Crippen LogP contribution >= 0.6 is 0 Å². The average Bonchev–Trinajstić information content (AvgIpc) is 3.50. The first kappa shape index (κ1) is 27.6. The van der Waals surface area contributed by atoms with Crippen molar-refractivity contribution >= 4 is 6.09 Å². The molecule has 0 radical (unpaired) electrons. The fraction of sp³-hybridized carbons (Fsp3) is 0.806. The molecule has 1 heterocycles. The lowest BCUT2D eigenvalue weighted by atomic mass is 9.47. The maximum absolute atomic E-state index is 13.2. The monoisotopic (exact) mass is 533 g/mol. The van der Waals surface area contributed by atoms with Crippen molar-refractivity contribution in [3.8, 4) is 0 Å². The highest BCUT2D eigenvalue weighted by molar-refractivity contribution is 5.72. The van der Waals surface area contributed by atoms with Crippen LogP contribution in [0.1, 0.15) is 125 Å². The maximum atomic E-state index is 13.2. The van der Waals surface area contributed by atoms with Gasteiger partial charge in [0.05, 0.1) is 0 Å². The summed E-state index contributed by atoms with van der Waals surface area (Å²) in [6, 6.07) is 0. The highest BCUT2D eigenvalue weighted by Crippen LogP contribution is 2.67. The van der Waals surface area contributed by atoms with E-state index in [0.717, 1.165) is 74.2 Å². The van der Waals surface area contributed by atoms with Crippen molar-refractivity contribution in [2.45, 2.75) is 131 Å². The first-order valence-corrected chi connectivity index (χ1v) is 16.8. The molecule has 0 N–H and O–H groups in total. The van der Waals surface area contributed by atoms with Gasteiger partial charge >= 0.3 is 6.09 Å². The molecule has 216 valence electrons. The van der Waals surface area contributed by atoms with Crippen molar-refractivity contribution in [3.05, 3.63) is 35.1 Å². The summed E-state index contributed by atoms with van der Waals surface area (Å²) in [7, 11) is 0. The summed E-state index contributed by atoms with van der Waals surface area (Å²) in [5, 5.41) is 0. The largest absolute Gasteiger partial charge is 0.446 e. The fourth-order valence-electron chi connectivity index (χ4n) is 10.8. The fourth-order valence-corrected chi connectivity index (χ4v) is 10.8. The smallest absolute Gasteiger partial charge is 0.414 e. The highest BCUT2D eigenvalue weighted by atomic mass is 16.6. The van der Waals surface area contributed by atoms with Gasteiger partial charge < -0.3 is 4.74 Å². The predicted octanol–water partition coefficient (Wildman–Crippen LogP) is 9.84. The van der Waals surface area contributed by atoms with Crippen LogP contribution in [0.5, 0.6) is 0 Å². The highest BCUT2D eigenvalue weighted by Gasteiger charge is 2.59. The molecule has 1 aliphatic heterocycles. The van der Waals surface area contributed by atoms with E-state index in [2.05, 4.69) is 52.8 Å². The van der Waals surface area contributed by atoms with Crippen molar-refractivity contribution < 1.29 is 9.53 Å². The Bertz CT molecular complexity index is 1040. The lowest BCUT2D eigenvalue weighted by Crippen LogP contribution is -2.51. The van der Waals surface area contributed by atoms with Crippen LogP contribution < -0.4 is 0 Å². The van der Waals surface area contributed by atoms with Crippen LogP contribution in [0.15, 0.2) is 35.1 Å². The second kappa shape index (κ2) is 10.7. The quantitative estimate of drug-likeness (QED) is 0.318. The number of ether oxygens (including phenoxy) is 1. The number of nitrogens with zero attached hydrogens (tertiary/aromatic N) is 1. The molecule has 0 aromatic carbocycles. The van der Waals surface area contributed by atoms with Crippen LogP contribution in [-0.4, -0.2) is 23.6 Å². The molecule has 6 rings (SSSR count). The summed E-state index contributed by atoms with van der Waals surface area (Å²) in [6.07, 6.45) is 24.5. The van der Waals surface area contributed by atoms with Gasteiger partial charge in [0.1, 0.15) is 6.10 Å². The average molecular weight is 534 g/mol. The van der Waals surface area contributed by atoms with E-state index < -0.39 is 0 Å². The Labute approximate surface area is 238 Å². The summed E-state index contributed by atoms with van der Waals surface area (Å²) in [4.78, 5) is 15.2. The molecular formula is C36H55NO2. The molecular weight excluding hydrogens is 478 g/mol. The lowest BCUT2D eigenvalue weighted by molar-refractivity contribution is -0.0590. The Kier molecular flexibility index (Phi) is 7.60. The third-order valence-corrected chi connectivity index (χ3v) is 12.9.